The highest BCUT2D eigenvalue weighted by molar-refractivity contribution is 3.98. The van der Waals surface area contributed by atoms with Gasteiger partial charge in [-0.1, -0.05) is 0 Å². The summed E-state index contributed by atoms with van der Waals surface area (Å²) in [5.74, 6) is 4.44. The molecule has 0 unspecified atom stereocenters. The lowest BCUT2D eigenvalue weighted by atomic mass is 11.2. The van der Waals surface area contributed by atoms with E-state index >= 15 is 0 Å². The minimum atomic E-state index is -0.184. The molecule has 5 nitrogen and oxygen atoms in total. The van der Waals surface area contributed by atoms with Crippen LogP contribution in [0.4, 0.5) is 0 Å². The largest absolute Gasteiger partial charge is 0.695 e. The minimum absolute atomic E-state index is 0.181. The first-order valence-electron chi connectivity index (χ1n) is 1.37. The fraction of sp³-hybridized carbons (Fsp3) is 1.00. The molecule has 0 aliphatic rings. The van der Waals surface area contributed by atoms with Crippen LogP contribution in [0, 0.1) is 5.21 Å². The van der Waals surface area contributed by atoms with Crippen LogP contribution in [0.5, 0.6) is 0 Å². The summed E-state index contributed by atoms with van der Waals surface area (Å²) in [6.07, 6.45) is 0. The van der Waals surface area contributed by atoms with Gasteiger partial charge in [-0.15, -0.1) is 0 Å². The number of hydroxylamine groups is 1. The van der Waals surface area contributed by atoms with E-state index in [9.17, 15) is 5.21 Å². The predicted molar refractivity (Wildman–Crippen MR) is 19.3 cm³/mol. The average Bonchev–Trinajstić information content (AvgIpc) is 1.65. The molecule has 0 amide bonds. The van der Waals surface area contributed by atoms with Crippen molar-refractivity contribution in [1.82, 2.24) is 0 Å². The summed E-state index contributed by atoms with van der Waals surface area (Å²) < 4.78 is 0. The number of nitrogens with two attached hydrogens (primary N) is 2. The molecule has 5 heteroatoms. The molecule has 0 spiro atoms. The Morgan fingerprint density at radius 1 is 1.83 bits per heavy atom. The Morgan fingerprint density at radius 3 is 2.33 bits per heavy atom. The van der Waals surface area contributed by atoms with E-state index in [1.807, 2.05) is 0 Å². The predicted octanol–water partition coefficient (Wildman–Crippen LogP) is -1.26. The first kappa shape index (κ1) is 5.16. The van der Waals surface area contributed by atoms with Gasteiger partial charge in [-0.25, -0.2) is 0 Å². The van der Waals surface area contributed by atoms with Crippen LogP contribution in [0.1, 0.15) is 0 Å². The lowest BCUT2D eigenvalue weighted by Crippen LogP contribution is -2.13. The summed E-state index contributed by atoms with van der Waals surface area (Å²) >= 11 is 0. The van der Waals surface area contributed by atoms with Gasteiger partial charge < -0.3 is 5.21 Å². The van der Waals surface area contributed by atoms with Gasteiger partial charge in [0.2, 0.25) is 0 Å². The molecule has 6 heavy (non-hydrogen) atoms. The molecule has 0 aliphatic heterocycles. The van der Waals surface area contributed by atoms with Crippen LogP contribution in [0.25, 0.3) is 0 Å². The zero-order valence-corrected chi connectivity index (χ0v) is 3.16. The van der Waals surface area contributed by atoms with Gasteiger partial charge in [0, 0.05) is 0 Å². The molecule has 0 aromatic rings. The highest BCUT2D eigenvalue weighted by atomic mass is 16.5. The summed E-state index contributed by atoms with van der Waals surface area (Å²) in [6.45, 7) is -0.184. The molecule has 0 radical (unpaired) electrons. The molecule has 0 heterocycles. The molecule has 0 rings (SSSR count). The van der Waals surface area contributed by atoms with Crippen LogP contribution in [0.2, 0.25) is 0 Å². The SMILES string of the molecule is NC[N+]([O-])=NN. The average molecular weight is 90.1 g/mol. The molecule has 4 N–H and O–H groups in total. The van der Waals surface area contributed by atoms with Gasteiger partial charge in [-0.3, -0.25) is 5.73 Å². The van der Waals surface area contributed by atoms with Gasteiger partial charge >= 0.3 is 0 Å². The van der Waals surface area contributed by atoms with Crippen LogP contribution in [-0.4, -0.2) is 11.5 Å². The van der Waals surface area contributed by atoms with E-state index in [0.29, 0.717) is 0 Å². The molecular formula is CH6N4O. The van der Waals surface area contributed by atoms with E-state index < -0.39 is 0 Å². The van der Waals surface area contributed by atoms with E-state index in [1.54, 1.807) is 0 Å². The second-order valence-corrected chi connectivity index (χ2v) is 0.650. The smallest absolute Gasteiger partial charge is 0.159 e. The normalized spacial score (nSPS) is 11.8. The third kappa shape index (κ3) is 1.48. The van der Waals surface area contributed by atoms with Crippen molar-refractivity contribution in [3.8, 4) is 0 Å². The fourth-order valence-corrected chi connectivity index (χ4v) is 0.0471. The number of hydrogen-bond acceptors (Lipinski definition) is 3. The maximum absolute atomic E-state index is 9.68. The summed E-state index contributed by atoms with van der Waals surface area (Å²) in [4.78, 5) is 0.181. The van der Waals surface area contributed by atoms with E-state index in [1.165, 1.54) is 0 Å². The van der Waals surface area contributed by atoms with Gasteiger partial charge in [0.25, 0.3) is 0 Å². The monoisotopic (exact) mass is 90.1 g/mol. The topological polar surface area (TPSA) is 90.5 Å². The van der Waals surface area contributed by atoms with Crippen LogP contribution in [-0.2, 0) is 0 Å². The first-order valence-corrected chi connectivity index (χ1v) is 1.37. The Hall–Kier alpha value is -0.840. The zero-order valence-electron chi connectivity index (χ0n) is 3.16. The summed E-state index contributed by atoms with van der Waals surface area (Å²) in [6, 6.07) is 0. The molecular weight excluding hydrogens is 84.0 g/mol. The summed E-state index contributed by atoms with van der Waals surface area (Å²) in [5.41, 5.74) is 4.72. The second-order valence-electron chi connectivity index (χ2n) is 0.650. The number of hydrogen-bond donors (Lipinski definition) is 2. The van der Waals surface area contributed by atoms with Gasteiger partial charge in [0.15, 0.2) is 6.67 Å². The maximum atomic E-state index is 9.68. The van der Waals surface area contributed by atoms with Crippen LogP contribution < -0.4 is 11.6 Å². The van der Waals surface area contributed by atoms with E-state index in [0.717, 1.165) is 0 Å². The van der Waals surface area contributed by atoms with Crippen molar-refractivity contribution in [2.24, 2.45) is 16.8 Å². The Bertz CT molecular complexity index is 58.6. The van der Waals surface area contributed by atoms with Crippen molar-refractivity contribution in [1.29, 1.82) is 0 Å². The molecule has 0 bridgehead atoms. The van der Waals surface area contributed by atoms with Crippen molar-refractivity contribution in [3.63, 3.8) is 0 Å². The van der Waals surface area contributed by atoms with E-state index in [4.69, 9.17) is 5.73 Å². The quantitative estimate of drug-likeness (QED) is 0.138. The molecule has 0 aromatic heterocycles. The lowest BCUT2D eigenvalue weighted by molar-refractivity contribution is -0.530. The van der Waals surface area contributed by atoms with Gasteiger partial charge in [-0.2, -0.15) is 10.7 Å². The Kier molecular flexibility index (Phi) is 2.06. The molecule has 36 valence electrons. The van der Waals surface area contributed by atoms with Gasteiger partial charge in [0.1, 0.15) is 0 Å². The number of rotatable bonds is 1. The molecule has 0 saturated carbocycles. The molecule has 0 aromatic carbocycles. The number of nitrogens with zero attached hydrogens (tertiary/aromatic N) is 2. The van der Waals surface area contributed by atoms with Crippen molar-refractivity contribution in [2.45, 2.75) is 0 Å². The van der Waals surface area contributed by atoms with Gasteiger partial charge in [-0.05, 0) is 0 Å². The Morgan fingerprint density at radius 2 is 2.33 bits per heavy atom. The second kappa shape index (κ2) is 2.40. The third-order valence-corrected chi connectivity index (χ3v) is 0.285. The summed E-state index contributed by atoms with van der Waals surface area (Å²) in [5, 5.41) is 12.3. The van der Waals surface area contributed by atoms with Crippen molar-refractivity contribution in [2.75, 3.05) is 6.67 Å². The molecule has 0 aliphatic carbocycles. The standard InChI is InChI=1S/CH6N4O/c2-1-5(6)4-3/h1-3H2. The minimum Gasteiger partial charge on any atom is -0.695 e. The highest BCUT2D eigenvalue weighted by Gasteiger charge is 1.70. The third-order valence-electron chi connectivity index (χ3n) is 0.285. The molecule has 0 saturated heterocycles. The van der Waals surface area contributed by atoms with Crippen LogP contribution >= 0.6 is 0 Å². The fourth-order valence-electron chi connectivity index (χ4n) is 0.0471. The van der Waals surface area contributed by atoms with Gasteiger partial charge in [0.05, 0.1) is 5.22 Å². The lowest BCUT2D eigenvalue weighted by Gasteiger charge is -1.95. The van der Waals surface area contributed by atoms with Crippen molar-refractivity contribution in [3.05, 3.63) is 5.21 Å². The zero-order chi connectivity index (χ0) is 4.99. The van der Waals surface area contributed by atoms with Crippen molar-refractivity contribution >= 4 is 0 Å². The van der Waals surface area contributed by atoms with Crippen LogP contribution in [0.3, 0.4) is 0 Å². The first-order chi connectivity index (χ1) is 2.81. The Balaban J connectivity index is 3.22. The van der Waals surface area contributed by atoms with E-state index in [2.05, 4.69) is 11.1 Å². The van der Waals surface area contributed by atoms with E-state index in [-0.39, 0.29) is 11.5 Å². The molecule has 0 fully saturated rings. The maximum Gasteiger partial charge on any atom is 0.159 e. The van der Waals surface area contributed by atoms with Crippen LogP contribution in [0.15, 0.2) is 5.22 Å². The van der Waals surface area contributed by atoms with Crippen molar-refractivity contribution < 1.29 is 4.86 Å². The Labute approximate surface area is 34.8 Å². The molecule has 0 atom stereocenters. The highest BCUT2D eigenvalue weighted by Crippen LogP contribution is 1.56. The summed E-state index contributed by atoms with van der Waals surface area (Å²) in [7, 11) is 0.